The Morgan fingerprint density at radius 2 is 1.86 bits per heavy atom. The average molecular weight is 545 g/mol. The number of amides is 2. The first-order valence-electron chi connectivity index (χ1n) is 11.1. The molecule has 35 heavy (non-hydrogen) atoms. The highest BCUT2D eigenvalue weighted by molar-refractivity contribution is 7.92. The van der Waals surface area contributed by atoms with E-state index in [1.54, 1.807) is 31.2 Å². The number of carbonyl (C=O) groups excluding carboxylic acids is 2. The van der Waals surface area contributed by atoms with Crippen LogP contribution >= 0.6 is 23.2 Å². The summed E-state index contributed by atoms with van der Waals surface area (Å²) in [5.74, 6) is -0.511. The number of anilines is 1. The van der Waals surface area contributed by atoms with Gasteiger partial charge in [0.2, 0.25) is 21.8 Å². The second kappa shape index (κ2) is 13.0. The molecule has 0 fully saturated rings. The van der Waals surface area contributed by atoms with E-state index >= 15 is 0 Å². The van der Waals surface area contributed by atoms with Gasteiger partial charge < -0.3 is 15.0 Å². The number of hydrogen-bond donors (Lipinski definition) is 1. The lowest BCUT2D eigenvalue weighted by atomic mass is 10.1. The molecule has 0 saturated heterocycles. The monoisotopic (exact) mass is 543 g/mol. The van der Waals surface area contributed by atoms with Crippen molar-refractivity contribution in [3.8, 4) is 5.75 Å². The summed E-state index contributed by atoms with van der Waals surface area (Å²) in [7, 11) is -2.42. The van der Waals surface area contributed by atoms with Crippen LogP contribution in [0.2, 0.25) is 10.0 Å². The molecule has 1 N–H and O–H groups in total. The van der Waals surface area contributed by atoms with Crippen molar-refractivity contribution in [3.63, 3.8) is 0 Å². The number of benzene rings is 2. The summed E-state index contributed by atoms with van der Waals surface area (Å²) in [5, 5.41) is 3.52. The molecule has 0 aliphatic carbocycles. The fourth-order valence-corrected chi connectivity index (χ4v) is 4.68. The molecule has 0 unspecified atom stereocenters. The van der Waals surface area contributed by atoms with Crippen LogP contribution in [0.25, 0.3) is 0 Å². The molecule has 0 saturated carbocycles. The minimum Gasteiger partial charge on any atom is -0.495 e. The van der Waals surface area contributed by atoms with Crippen molar-refractivity contribution in [2.75, 3.05) is 30.8 Å². The SMILES string of the molecule is CCCCNC(=O)[C@@H](C)N(Cc1cccc(Cl)c1)C(=O)CN(c1ccc(OC)c(Cl)c1)S(C)(=O)=O. The van der Waals surface area contributed by atoms with Crippen molar-refractivity contribution < 1.29 is 22.7 Å². The molecule has 0 spiro atoms. The predicted octanol–water partition coefficient (Wildman–Crippen LogP) is 4.10. The Morgan fingerprint density at radius 1 is 1.14 bits per heavy atom. The molecular weight excluding hydrogens is 513 g/mol. The third kappa shape index (κ3) is 8.30. The Bertz CT molecular complexity index is 1140. The maximum absolute atomic E-state index is 13.5. The standard InChI is InChI=1S/C24H31Cl2N3O5S/c1-5-6-12-27-24(31)17(2)28(15-18-8-7-9-19(25)13-18)23(30)16-29(35(4,32)33)20-10-11-22(34-3)21(26)14-20/h7-11,13-14,17H,5-6,12,15-16H2,1-4H3,(H,27,31)/t17-/m1/s1. The molecule has 0 bridgehead atoms. The number of sulfonamides is 1. The lowest BCUT2D eigenvalue weighted by Crippen LogP contribution is -2.51. The lowest BCUT2D eigenvalue weighted by molar-refractivity contribution is -0.139. The van der Waals surface area contributed by atoms with Gasteiger partial charge in [-0.2, -0.15) is 0 Å². The van der Waals surface area contributed by atoms with E-state index in [0.717, 1.165) is 23.4 Å². The van der Waals surface area contributed by atoms with Crippen LogP contribution in [0.1, 0.15) is 32.3 Å². The zero-order chi connectivity index (χ0) is 26.2. The largest absolute Gasteiger partial charge is 0.495 e. The molecule has 0 aromatic heterocycles. The van der Waals surface area contributed by atoms with Gasteiger partial charge in [-0.15, -0.1) is 0 Å². The summed E-state index contributed by atoms with van der Waals surface area (Å²) < 4.78 is 31.3. The quantitative estimate of drug-likeness (QED) is 0.406. The van der Waals surface area contributed by atoms with Crippen molar-refractivity contribution in [1.29, 1.82) is 0 Å². The van der Waals surface area contributed by atoms with E-state index in [0.29, 0.717) is 22.9 Å². The van der Waals surface area contributed by atoms with Gasteiger partial charge in [-0.3, -0.25) is 13.9 Å². The van der Waals surface area contributed by atoms with Crippen LogP contribution < -0.4 is 14.4 Å². The first kappa shape index (κ1) is 28.7. The van der Waals surface area contributed by atoms with Gasteiger partial charge in [0, 0.05) is 18.1 Å². The Balaban J connectivity index is 2.38. The molecule has 2 aromatic rings. The predicted molar refractivity (Wildman–Crippen MR) is 140 cm³/mol. The molecule has 192 valence electrons. The van der Waals surface area contributed by atoms with E-state index in [2.05, 4.69) is 5.32 Å². The number of nitrogens with zero attached hydrogens (tertiary/aromatic N) is 2. The minimum atomic E-state index is -3.86. The van der Waals surface area contributed by atoms with Crippen LogP contribution in [-0.4, -0.2) is 57.6 Å². The smallest absolute Gasteiger partial charge is 0.244 e. The topological polar surface area (TPSA) is 96.0 Å². The molecule has 11 heteroatoms. The first-order chi connectivity index (χ1) is 16.5. The highest BCUT2D eigenvalue weighted by Gasteiger charge is 2.30. The third-order valence-electron chi connectivity index (χ3n) is 5.34. The summed E-state index contributed by atoms with van der Waals surface area (Å²) in [6, 6.07) is 10.5. The molecule has 2 amide bonds. The van der Waals surface area contributed by atoms with Crippen LogP contribution in [0.15, 0.2) is 42.5 Å². The second-order valence-corrected chi connectivity index (χ2v) is 10.8. The highest BCUT2D eigenvalue weighted by atomic mass is 35.5. The van der Waals surface area contributed by atoms with Crippen LogP contribution in [0.5, 0.6) is 5.75 Å². The Hall–Kier alpha value is -2.49. The molecule has 2 aromatic carbocycles. The summed E-state index contributed by atoms with van der Waals surface area (Å²) in [6.45, 7) is 3.66. The summed E-state index contributed by atoms with van der Waals surface area (Å²) in [6.07, 6.45) is 2.72. The maximum atomic E-state index is 13.5. The second-order valence-electron chi connectivity index (χ2n) is 8.06. The zero-order valence-corrected chi connectivity index (χ0v) is 22.6. The number of carbonyl (C=O) groups is 2. The van der Waals surface area contributed by atoms with Crippen LogP contribution in [-0.2, 0) is 26.2 Å². The summed E-state index contributed by atoms with van der Waals surface area (Å²) in [5.41, 5.74) is 0.909. The van der Waals surface area contributed by atoms with Gasteiger partial charge in [-0.25, -0.2) is 8.42 Å². The molecule has 1 atom stereocenters. The lowest BCUT2D eigenvalue weighted by Gasteiger charge is -2.31. The van der Waals surface area contributed by atoms with Gasteiger partial charge in [0.25, 0.3) is 0 Å². The fourth-order valence-electron chi connectivity index (χ4n) is 3.37. The number of halogens is 2. The van der Waals surface area contributed by atoms with Gasteiger partial charge in [-0.1, -0.05) is 48.7 Å². The van der Waals surface area contributed by atoms with Crippen LogP contribution in [0.3, 0.4) is 0 Å². The molecule has 2 rings (SSSR count). The molecule has 0 aliphatic rings. The van der Waals surface area contributed by atoms with Crippen molar-refractivity contribution in [1.82, 2.24) is 10.2 Å². The van der Waals surface area contributed by atoms with Crippen molar-refractivity contribution >= 4 is 50.7 Å². The fraction of sp³-hybridized carbons (Fsp3) is 0.417. The van der Waals surface area contributed by atoms with E-state index in [9.17, 15) is 18.0 Å². The third-order valence-corrected chi connectivity index (χ3v) is 7.01. The van der Waals surface area contributed by atoms with E-state index in [-0.39, 0.29) is 23.2 Å². The van der Waals surface area contributed by atoms with Crippen LogP contribution in [0, 0.1) is 0 Å². The molecule has 0 heterocycles. The summed E-state index contributed by atoms with van der Waals surface area (Å²) in [4.78, 5) is 27.6. The van der Waals surface area contributed by atoms with Crippen LogP contribution in [0.4, 0.5) is 5.69 Å². The van der Waals surface area contributed by atoms with E-state index in [1.165, 1.54) is 30.2 Å². The molecular formula is C24H31Cl2N3O5S. The molecule has 8 nitrogen and oxygen atoms in total. The Kier molecular flexibility index (Phi) is 10.7. The number of ether oxygens (including phenoxy) is 1. The Labute approximate surface area is 217 Å². The van der Waals surface area contributed by atoms with E-state index in [1.807, 2.05) is 6.92 Å². The Morgan fingerprint density at radius 3 is 2.43 bits per heavy atom. The number of nitrogens with one attached hydrogen (secondary N) is 1. The highest BCUT2D eigenvalue weighted by Crippen LogP contribution is 2.30. The van der Waals surface area contributed by atoms with E-state index in [4.69, 9.17) is 27.9 Å². The van der Waals surface area contributed by atoms with Crippen molar-refractivity contribution in [2.45, 2.75) is 39.3 Å². The molecule has 0 aliphatic heterocycles. The first-order valence-corrected chi connectivity index (χ1v) is 13.7. The van der Waals surface area contributed by atoms with Crippen molar-refractivity contribution in [2.24, 2.45) is 0 Å². The molecule has 0 radical (unpaired) electrons. The van der Waals surface area contributed by atoms with E-state index < -0.39 is 28.5 Å². The van der Waals surface area contributed by atoms with Crippen molar-refractivity contribution in [3.05, 3.63) is 58.1 Å². The normalized spacial score (nSPS) is 12.1. The number of unbranched alkanes of at least 4 members (excludes halogenated alkanes) is 1. The van der Waals surface area contributed by atoms with Gasteiger partial charge in [0.1, 0.15) is 18.3 Å². The number of rotatable bonds is 12. The summed E-state index contributed by atoms with van der Waals surface area (Å²) >= 11 is 12.3. The van der Waals surface area contributed by atoms with Gasteiger partial charge >= 0.3 is 0 Å². The number of methoxy groups -OCH3 is 1. The average Bonchev–Trinajstić information content (AvgIpc) is 2.79. The maximum Gasteiger partial charge on any atom is 0.244 e. The van der Waals surface area contributed by atoms with Gasteiger partial charge in [0.15, 0.2) is 0 Å². The minimum absolute atomic E-state index is 0.0722. The zero-order valence-electron chi connectivity index (χ0n) is 20.3. The number of hydrogen-bond acceptors (Lipinski definition) is 5. The van der Waals surface area contributed by atoms with Gasteiger partial charge in [0.05, 0.1) is 24.1 Å². The van der Waals surface area contributed by atoms with Gasteiger partial charge in [-0.05, 0) is 49.2 Å².